The number of nitrogens with zero attached hydrogens (tertiary/aromatic N) is 1. The fraction of sp³-hybridized carbons (Fsp3) is 0.250. The number of para-hydroxylation sites is 1. The number of alkyl halides is 1. The minimum atomic E-state index is -1.00. The van der Waals surface area contributed by atoms with Crippen LogP contribution in [0, 0.1) is 0 Å². The van der Waals surface area contributed by atoms with Gasteiger partial charge < -0.3 is 0 Å². The maximum atomic E-state index is 12.5. The van der Waals surface area contributed by atoms with Crippen molar-refractivity contribution in [1.82, 2.24) is 5.32 Å². The molecule has 1 aromatic rings. The van der Waals surface area contributed by atoms with Crippen LogP contribution in [0.15, 0.2) is 24.3 Å². The van der Waals surface area contributed by atoms with Crippen molar-refractivity contribution in [2.45, 2.75) is 12.7 Å². The third-order valence-corrected chi connectivity index (χ3v) is 1.66. The van der Waals surface area contributed by atoms with Crippen LogP contribution >= 0.6 is 0 Å². The second kappa shape index (κ2) is 1.97. The van der Waals surface area contributed by atoms with Gasteiger partial charge >= 0.3 is 0 Å². The first-order chi connectivity index (χ1) is 4.86. The molecule has 51 valence electrons. The molecule has 0 saturated carbocycles. The molecule has 2 heteroatoms. The van der Waals surface area contributed by atoms with E-state index < -0.39 is 6.30 Å². The third-order valence-electron chi connectivity index (χ3n) is 1.66. The topological polar surface area (TPSA) is 14.1 Å². The Balaban J connectivity index is 2.42. The molecular weight excluding hydrogens is 129 g/mol. The van der Waals surface area contributed by atoms with Crippen LogP contribution in [0.1, 0.15) is 5.56 Å². The SMILES string of the molecule is FC1Cc2ccccc2[N]1. The zero-order chi connectivity index (χ0) is 6.97. The van der Waals surface area contributed by atoms with Gasteiger partial charge in [0.05, 0.1) is 5.69 Å². The molecule has 0 aliphatic carbocycles. The smallest absolute Gasteiger partial charge is 0.194 e. The van der Waals surface area contributed by atoms with E-state index in [9.17, 15) is 4.39 Å². The predicted molar refractivity (Wildman–Crippen MR) is 36.8 cm³/mol. The molecule has 0 bridgehead atoms. The van der Waals surface area contributed by atoms with Crippen LogP contribution < -0.4 is 5.32 Å². The summed E-state index contributed by atoms with van der Waals surface area (Å²) in [5, 5.41) is 3.79. The van der Waals surface area contributed by atoms with Crippen molar-refractivity contribution in [1.29, 1.82) is 0 Å². The summed E-state index contributed by atoms with van der Waals surface area (Å²) in [6.45, 7) is 0. The average molecular weight is 136 g/mol. The highest BCUT2D eigenvalue weighted by Gasteiger charge is 2.19. The van der Waals surface area contributed by atoms with E-state index in [0.29, 0.717) is 6.42 Å². The molecule has 2 rings (SSSR count). The number of fused-ring (bicyclic) bond motifs is 1. The largest absolute Gasteiger partial charge is 0.248 e. The van der Waals surface area contributed by atoms with E-state index in [0.717, 1.165) is 11.3 Å². The summed E-state index contributed by atoms with van der Waals surface area (Å²) in [6, 6.07) is 7.54. The summed E-state index contributed by atoms with van der Waals surface area (Å²) >= 11 is 0. The van der Waals surface area contributed by atoms with Gasteiger partial charge in [-0.3, -0.25) is 0 Å². The molecule has 0 saturated heterocycles. The van der Waals surface area contributed by atoms with Crippen LogP contribution in [0.5, 0.6) is 0 Å². The molecule has 1 aliphatic heterocycles. The van der Waals surface area contributed by atoms with E-state index in [-0.39, 0.29) is 0 Å². The third kappa shape index (κ3) is 0.764. The van der Waals surface area contributed by atoms with E-state index in [1.807, 2.05) is 24.3 Å². The Morgan fingerprint density at radius 3 is 3.00 bits per heavy atom. The molecule has 1 heterocycles. The molecule has 1 aliphatic rings. The van der Waals surface area contributed by atoms with Gasteiger partial charge in [0, 0.05) is 6.42 Å². The van der Waals surface area contributed by atoms with Crippen molar-refractivity contribution in [2.24, 2.45) is 0 Å². The monoisotopic (exact) mass is 136 g/mol. The molecule has 1 unspecified atom stereocenters. The van der Waals surface area contributed by atoms with E-state index >= 15 is 0 Å². The normalized spacial score (nSPS) is 21.9. The maximum Gasteiger partial charge on any atom is 0.194 e. The van der Waals surface area contributed by atoms with E-state index in [1.165, 1.54) is 0 Å². The molecule has 1 nitrogen and oxygen atoms in total. The van der Waals surface area contributed by atoms with Crippen molar-refractivity contribution in [3.8, 4) is 0 Å². The summed E-state index contributed by atoms with van der Waals surface area (Å²) < 4.78 is 12.5. The first-order valence-electron chi connectivity index (χ1n) is 3.29. The molecule has 0 aromatic heterocycles. The fourth-order valence-electron chi connectivity index (χ4n) is 1.19. The summed E-state index contributed by atoms with van der Waals surface area (Å²) in [7, 11) is 0. The highest BCUT2D eigenvalue weighted by molar-refractivity contribution is 5.48. The second-order valence-electron chi connectivity index (χ2n) is 2.40. The zero-order valence-electron chi connectivity index (χ0n) is 5.42. The minimum absolute atomic E-state index is 0.455. The quantitative estimate of drug-likeness (QED) is 0.482. The summed E-state index contributed by atoms with van der Waals surface area (Å²) in [4.78, 5) is 0. The van der Waals surface area contributed by atoms with Gasteiger partial charge in [0.2, 0.25) is 0 Å². The van der Waals surface area contributed by atoms with Crippen LogP contribution in [-0.4, -0.2) is 6.30 Å². The standard InChI is InChI=1S/C8H7FN/c9-8-5-6-3-1-2-4-7(6)10-8/h1-4,8H,5H2. The Labute approximate surface area is 58.9 Å². The Morgan fingerprint density at radius 2 is 2.20 bits per heavy atom. The van der Waals surface area contributed by atoms with Crippen LogP contribution in [0.2, 0.25) is 0 Å². The molecular formula is C8H7FN. The van der Waals surface area contributed by atoms with Gasteiger partial charge in [0.25, 0.3) is 0 Å². The Hall–Kier alpha value is -1.05. The Bertz CT molecular complexity index is 222. The van der Waals surface area contributed by atoms with Gasteiger partial charge in [-0.1, -0.05) is 18.2 Å². The van der Waals surface area contributed by atoms with Gasteiger partial charge in [-0.05, 0) is 11.6 Å². The minimum Gasteiger partial charge on any atom is -0.248 e. The lowest BCUT2D eigenvalue weighted by Crippen LogP contribution is -2.05. The van der Waals surface area contributed by atoms with Gasteiger partial charge in [-0.25, -0.2) is 9.71 Å². The highest BCUT2D eigenvalue weighted by atomic mass is 19.1. The number of hydrogen-bond acceptors (Lipinski definition) is 0. The summed E-state index contributed by atoms with van der Waals surface area (Å²) in [5.41, 5.74) is 1.84. The Morgan fingerprint density at radius 1 is 1.40 bits per heavy atom. The predicted octanol–water partition coefficient (Wildman–Crippen LogP) is 1.77. The highest BCUT2D eigenvalue weighted by Crippen LogP contribution is 2.25. The van der Waals surface area contributed by atoms with Crippen molar-refractivity contribution in [3.63, 3.8) is 0 Å². The molecule has 0 amide bonds. The van der Waals surface area contributed by atoms with E-state index in [2.05, 4.69) is 5.32 Å². The van der Waals surface area contributed by atoms with Gasteiger partial charge in [-0.2, -0.15) is 0 Å². The van der Waals surface area contributed by atoms with Gasteiger partial charge in [0.15, 0.2) is 6.30 Å². The average Bonchev–Trinajstić information content (AvgIpc) is 2.27. The molecule has 1 radical (unpaired) electrons. The lowest BCUT2D eigenvalue weighted by molar-refractivity contribution is 0.316. The van der Waals surface area contributed by atoms with Crippen LogP contribution in [0.4, 0.5) is 10.1 Å². The molecule has 0 N–H and O–H groups in total. The number of halogens is 1. The zero-order valence-corrected chi connectivity index (χ0v) is 5.42. The van der Waals surface area contributed by atoms with Crippen LogP contribution in [0.25, 0.3) is 0 Å². The van der Waals surface area contributed by atoms with Crippen LogP contribution in [-0.2, 0) is 6.42 Å². The van der Waals surface area contributed by atoms with Crippen LogP contribution in [0.3, 0.4) is 0 Å². The second-order valence-corrected chi connectivity index (χ2v) is 2.40. The van der Waals surface area contributed by atoms with Crippen molar-refractivity contribution >= 4 is 5.69 Å². The Kier molecular flexibility index (Phi) is 1.13. The summed E-state index contributed by atoms with van der Waals surface area (Å²) in [5.74, 6) is 0. The number of rotatable bonds is 0. The van der Waals surface area contributed by atoms with Gasteiger partial charge in [-0.15, -0.1) is 0 Å². The number of hydrogen-bond donors (Lipinski definition) is 0. The lowest BCUT2D eigenvalue weighted by atomic mass is 10.2. The fourth-order valence-corrected chi connectivity index (χ4v) is 1.19. The molecule has 1 aromatic carbocycles. The van der Waals surface area contributed by atoms with Crippen molar-refractivity contribution in [3.05, 3.63) is 29.8 Å². The maximum absolute atomic E-state index is 12.5. The molecule has 0 spiro atoms. The lowest BCUT2D eigenvalue weighted by Gasteiger charge is -1.92. The van der Waals surface area contributed by atoms with Crippen molar-refractivity contribution in [2.75, 3.05) is 0 Å². The summed E-state index contributed by atoms with van der Waals surface area (Å²) in [6.07, 6.45) is -0.548. The molecule has 10 heavy (non-hydrogen) atoms. The van der Waals surface area contributed by atoms with E-state index in [1.54, 1.807) is 0 Å². The van der Waals surface area contributed by atoms with Crippen molar-refractivity contribution < 1.29 is 4.39 Å². The van der Waals surface area contributed by atoms with E-state index in [4.69, 9.17) is 0 Å². The first-order valence-corrected chi connectivity index (χ1v) is 3.29. The first kappa shape index (κ1) is 5.71. The van der Waals surface area contributed by atoms with Gasteiger partial charge in [0.1, 0.15) is 0 Å². The number of benzene rings is 1. The molecule has 0 fully saturated rings. The molecule has 1 atom stereocenters.